The number of aliphatic carboxylic acids is 2. The zero-order valence-corrected chi connectivity index (χ0v) is 15.6. The third-order valence-corrected chi connectivity index (χ3v) is 4.95. The Balaban J connectivity index is 2.44. The summed E-state index contributed by atoms with van der Waals surface area (Å²) in [6, 6.07) is 0. The van der Waals surface area contributed by atoms with E-state index in [2.05, 4.69) is 0 Å². The molecule has 27 heavy (non-hydrogen) atoms. The van der Waals surface area contributed by atoms with E-state index in [-0.39, 0.29) is 24.7 Å². The number of carbonyl (C=O) groups is 2. The highest BCUT2D eigenvalue weighted by atomic mass is 16.4. The van der Waals surface area contributed by atoms with Gasteiger partial charge < -0.3 is 25.5 Å². The first-order valence-corrected chi connectivity index (χ1v) is 9.62. The van der Waals surface area contributed by atoms with Crippen molar-refractivity contribution in [1.82, 2.24) is 0 Å². The minimum atomic E-state index is -0.845. The van der Waals surface area contributed by atoms with Crippen LogP contribution < -0.4 is 0 Å². The van der Waals surface area contributed by atoms with Gasteiger partial charge in [-0.2, -0.15) is 0 Å². The number of unbranched alkanes of at least 4 members (excludes halogenated alkanes) is 2. The molecule has 0 amide bonds. The van der Waals surface area contributed by atoms with Crippen molar-refractivity contribution in [2.45, 2.75) is 76.1 Å². The fourth-order valence-corrected chi connectivity index (χ4v) is 3.43. The van der Waals surface area contributed by atoms with E-state index in [9.17, 15) is 24.9 Å². The van der Waals surface area contributed by atoms with Crippen LogP contribution in [0.5, 0.6) is 0 Å². The molecule has 7 heteroatoms. The molecule has 0 spiro atoms. The Hall–Kier alpha value is -1.70. The number of allylic oxidation sites excluding steroid dienone is 2. The van der Waals surface area contributed by atoms with Crippen LogP contribution in [0, 0.1) is 11.8 Å². The van der Waals surface area contributed by atoms with Gasteiger partial charge in [0, 0.05) is 25.2 Å². The Morgan fingerprint density at radius 1 is 0.963 bits per heavy atom. The number of aliphatic hydroxyl groups is 3. The summed E-state index contributed by atoms with van der Waals surface area (Å²) in [5, 5.41) is 47.5. The molecule has 7 nitrogen and oxygen atoms in total. The van der Waals surface area contributed by atoms with Gasteiger partial charge in [-0.05, 0) is 44.4 Å². The third-order valence-electron chi connectivity index (χ3n) is 4.95. The zero-order chi connectivity index (χ0) is 20.2. The largest absolute Gasteiger partial charge is 0.481 e. The van der Waals surface area contributed by atoms with Crippen molar-refractivity contribution in [2.24, 2.45) is 11.8 Å². The van der Waals surface area contributed by atoms with Crippen molar-refractivity contribution in [2.75, 3.05) is 0 Å². The van der Waals surface area contributed by atoms with Crippen LogP contribution in [0.15, 0.2) is 24.3 Å². The predicted molar refractivity (Wildman–Crippen MR) is 100 cm³/mol. The molecule has 0 radical (unpaired) electrons. The second-order valence-corrected chi connectivity index (χ2v) is 7.20. The molecule has 1 unspecified atom stereocenters. The average molecular weight is 384 g/mol. The second-order valence-electron chi connectivity index (χ2n) is 7.20. The van der Waals surface area contributed by atoms with E-state index >= 15 is 0 Å². The molecule has 0 aromatic heterocycles. The van der Waals surface area contributed by atoms with Crippen LogP contribution in [0.25, 0.3) is 0 Å². The molecule has 5 N–H and O–H groups in total. The van der Waals surface area contributed by atoms with Crippen LogP contribution in [0.4, 0.5) is 0 Å². The lowest BCUT2D eigenvalue weighted by Crippen LogP contribution is -2.20. The molecular weight excluding hydrogens is 352 g/mol. The summed E-state index contributed by atoms with van der Waals surface area (Å²) in [5.74, 6) is -2.06. The molecule has 154 valence electrons. The molecular formula is C20H32O7. The summed E-state index contributed by atoms with van der Waals surface area (Å²) in [6.45, 7) is 0. The van der Waals surface area contributed by atoms with E-state index in [1.807, 2.05) is 12.2 Å². The second kappa shape index (κ2) is 12.6. The smallest absolute Gasteiger partial charge is 0.303 e. The molecule has 0 aromatic carbocycles. The van der Waals surface area contributed by atoms with Crippen LogP contribution in [0.2, 0.25) is 0 Å². The van der Waals surface area contributed by atoms with E-state index < -0.39 is 30.3 Å². The Bertz CT molecular complexity index is 514. The number of rotatable bonds is 13. The number of carboxylic acid groups (broad SMARTS) is 2. The van der Waals surface area contributed by atoms with E-state index in [0.717, 1.165) is 0 Å². The summed E-state index contributed by atoms with van der Waals surface area (Å²) >= 11 is 0. The maximum Gasteiger partial charge on any atom is 0.303 e. The monoisotopic (exact) mass is 384 g/mol. The van der Waals surface area contributed by atoms with E-state index in [1.165, 1.54) is 0 Å². The SMILES string of the molecule is O=C(O)CCC/C=C\C[C@@H]1[C@@H](/C=C/C(O)CCCCC(=O)O)[C@H](O)C[C@@H]1O. The van der Waals surface area contributed by atoms with Gasteiger partial charge >= 0.3 is 11.9 Å². The molecule has 0 aliphatic heterocycles. The van der Waals surface area contributed by atoms with Gasteiger partial charge in [0.15, 0.2) is 0 Å². The van der Waals surface area contributed by atoms with Gasteiger partial charge in [0.1, 0.15) is 0 Å². The van der Waals surface area contributed by atoms with Crippen LogP contribution in [0.1, 0.15) is 57.8 Å². The van der Waals surface area contributed by atoms with Gasteiger partial charge in [-0.3, -0.25) is 9.59 Å². The lowest BCUT2D eigenvalue weighted by atomic mass is 9.89. The standard InChI is InChI=1S/C20H32O7/c21-14(7-5-6-10-20(26)27)11-12-16-15(17(22)13-18(16)23)8-3-1-2-4-9-19(24)25/h1,3,11-12,14-18,21-23H,2,4-10,13H2,(H,24,25)(H,26,27)/b3-1-,12-11+/t14?,15-,16-,17+,18-/m1/s1. The first kappa shape index (κ1) is 23.3. The summed E-state index contributed by atoms with van der Waals surface area (Å²) in [5.41, 5.74) is 0. The van der Waals surface area contributed by atoms with Gasteiger partial charge in [-0.15, -0.1) is 0 Å². The summed E-state index contributed by atoms with van der Waals surface area (Å²) in [4.78, 5) is 20.9. The van der Waals surface area contributed by atoms with Crippen molar-refractivity contribution >= 4 is 11.9 Å². The molecule has 1 rings (SSSR count). The van der Waals surface area contributed by atoms with Gasteiger partial charge in [-0.25, -0.2) is 0 Å². The molecule has 1 aliphatic rings. The number of aliphatic hydroxyl groups excluding tert-OH is 3. The average Bonchev–Trinajstić information content (AvgIpc) is 2.85. The fourth-order valence-electron chi connectivity index (χ4n) is 3.43. The minimum absolute atomic E-state index is 0.0881. The first-order valence-electron chi connectivity index (χ1n) is 9.62. The Morgan fingerprint density at radius 3 is 2.30 bits per heavy atom. The van der Waals surface area contributed by atoms with Crippen LogP contribution in [-0.2, 0) is 9.59 Å². The highest BCUT2D eigenvalue weighted by Gasteiger charge is 2.39. The van der Waals surface area contributed by atoms with Gasteiger partial charge in [0.05, 0.1) is 18.3 Å². The molecule has 5 atom stereocenters. The first-order chi connectivity index (χ1) is 12.8. The molecule has 1 aliphatic carbocycles. The van der Waals surface area contributed by atoms with E-state index in [4.69, 9.17) is 10.2 Å². The van der Waals surface area contributed by atoms with Gasteiger partial charge in [0.2, 0.25) is 0 Å². The van der Waals surface area contributed by atoms with Crippen LogP contribution in [0.3, 0.4) is 0 Å². The lowest BCUT2D eigenvalue weighted by molar-refractivity contribution is -0.138. The molecule has 0 saturated heterocycles. The number of carboxylic acids is 2. The number of hydrogen-bond donors (Lipinski definition) is 5. The normalized spacial score (nSPS) is 26.8. The lowest BCUT2D eigenvalue weighted by Gasteiger charge is -2.19. The zero-order valence-electron chi connectivity index (χ0n) is 15.6. The topological polar surface area (TPSA) is 135 Å². The van der Waals surface area contributed by atoms with Crippen LogP contribution >= 0.6 is 0 Å². The third kappa shape index (κ3) is 9.70. The maximum absolute atomic E-state index is 10.5. The highest BCUT2D eigenvalue weighted by Crippen LogP contribution is 2.36. The maximum atomic E-state index is 10.5. The Kier molecular flexibility index (Phi) is 10.9. The van der Waals surface area contributed by atoms with Crippen molar-refractivity contribution in [1.29, 1.82) is 0 Å². The quantitative estimate of drug-likeness (QED) is 0.242. The van der Waals surface area contributed by atoms with Gasteiger partial charge in [-0.1, -0.05) is 24.3 Å². The van der Waals surface area contributed by atoms with Gasteiger partial charge in [0.25, 0.3) is 0 Å². The van der Waals surface area contributed by atoms with Crippen molar-refractivity contribution < 1.29 is 35.1 Å². The summed E-state index contributed by atoms with van der Waals surface area (Å²) in [6.07, 6.45) is 9.11. The fraction of sp³-hybridized carbons (Fsp3) is 0.700. The van der Waals surface area contributed by atoms with Crippen molar-refractivity contribution in [3.05, 3.63) is 24.3 Å². The minimum Gasteiger partial charge on any atom is -0.481 e. The Morgan fingerprint density at radius 2 is 1.63 bits per heavy atom. The number of hydrogen-bond acceptors (Lipinski definition) is 5. The molecule has 0 aromatic rings. The van der Waals surface area contributed by atoms with Crippen LogP contribution in [-0.4, -0.2) is 55.8 Å². The molecule has 1 saturated carbocycles. The Labute approximate surface area is 160 Å². The summed E-state index contributed by atoms with van der Waals surface area (Å²) in [7, 11) is 0. The van der Waals surface area contributed by atoms with Crippen molar-refractivity contribution in [3.8, 4) is 0 Å². The van der Waals surface area contributed by atoms with E-state index in [0.29, 0.717) is 44.9 Å². The van der Waals surface area contributed by atoms with Crippen molar-refractivity contribution in [3.63, 3.8) is 0 Å². The predicted octanol–water partition coefficient (Wildman–Crippen LogP) is 2.11. The van der Waals surface area contributed by atoms with E-state index in [1.54, 1.807) is 12.2 Å². The molecule has 0 heterocycles. The summed E-state index contributed by atoms with van der Waals surface area (Å²) < 4.78 is 0. The molecule has 1 fully saturated rings. The molecule has 0 bridgehead atoms. The highest BCUT2D eigenvalue weighted by molar-refractivity contribution is 5.66.